The van der Waals surface area contributed by atoms with E-state index in [0.717, 1.165) is 13.1 Å². The van der Waals surface area contributed by atoms with Gasteiger partial charge in [-0.3, -0.25) is 0 Å². The normalized spacial score (nSPS) is 19.3. The van der Waals surface area contributed by atoms with Crippen LogP contribution in [0.1, 0.15) is 27.8 Å². The average molecular weight is 258 g/mol. The van der Waals surface area contributed by atoms with Gasteiger partial charge in [-0.15, -0.1) is 11.3 Å². The quantitative estimate of drug-likeness (QED) is 0.891. The molecule has 3 rings (SSSR count). The van der Waals surface area contributed by atoms with E-state index in [1.807, 2.05) is 11.3 Å². The Kier molecular flexibility index (Phi) is 3.18. The second kappa shape index (κ2) is 4.82. The van der Waals surface area contributed by atoms with Crippen LogP contribution in [-0.4, -0.2) is 18.1 Å². The van der Waals surface area contributed by atoms with E-state index in [0.29, 0.717) is 5.92 Å². The van der Waals surface area contributed by atoms with Gasteiger partial charge in [0.05, 0.1) is 10.7 Å². The SMILES string of the molecule is Cc1ccc(-c2nc(C)sc2C2CCNC2)cc1. The molecule has 1 fully saturated rings. The van der Waals surface area contributed by atoms with E-state index in [4.69, 9.17) is 4.98 Å². The number of thiazole rings is 1. The summed E-state index contributed by atoms with van der Waals surface area (Å²) < 4.78 is 0. The molecule has 0 saturated carbocycles. The van der Waals surface area contributed by atoms with Crippen molar-refractivity contribution in [1.29, 1.82) is 0 Å². The first kappa shape index (κ1) is 11.9. The fourth-order valence-corrected chi connectivity index (χ4v) is 3.60. The molecule has 2 aromatic rings. The summed E-state index contributed by atoms with van der Waals surface area (Å²) in [6, 6.07) is 8.72. The van der Waals surface area contributed by atoms with E-state index in [9.17, 15) is 0 Å². The third-order valence-corrected chi connectivity index (χ3v) is 4.65. The molecule has 1 unspecified atom stereocenters. The Balaban J connectivity index is 2.02. The third-order valence-electron chi connectivity index (χ3n) is 3.52. The highest BCUT2D eigenvalue weighted by molar-refractivity contribution is 7.12. The number of aryl methyl sites for hydroxylation is 2. The van der Waals surface area contributed by atoms with Gasteiger partial charge in [0.2, 0.25) is 0 Å². The van der Waals surface area contributed by atoms with Crippen LogP contribution >= 0.6 is 11.3 Å². The van der Waals surface area contributed by atoms with Crippen LogP contribution in [0.15, 0.2) is 24.3 Å². The number of hydrogen-bond acceptors (Lipinski definition) is 3. The lowest BCUT2D eigenvalue weighted by Crippen LogP contribution is -2.07. The van der Waals surface area contributed by atoms with Crippen molar-refractivity contribution in [2.24, 2.45) is 0 Å². The molecule has 3 heteroatoms. The molecule has 0 aliphatic carbocycles. The molecule has 0 bridgehead atoms. The van der Waals surface area contributed by atoms with Crippen molar-refractivity contribution in [3.05, 3.63) is 39.7 Å². The summed E-state index contributed by atoms with van der Waals surface area (Å²) in [6.07, 6.45) is 1.24. The molecule has 1 atom stereocenters. The summed E-state index contributed by atoms with van der Waals surface area (Å²) in [7, 11) is 0. The molecular formula is C15H18N2S. The van der Waals surface area contributed by atoms with E-state index in [-0.39, 0.29) is 0 Å². The molecule has 0 spiro atoms. The average Bonchev–Trinajstić information content (AvgIpc) is 2.98. The second-order valence-electron chi connectivity index (χ2n) is 5.00. The van der Waals surface area contributed by atoms with Crippen LogP contribution in [0.3, 0.4) is 0 Å². The van der Waals surface area contributed by atoms with Crippen molar-refractivity contribution in [2.75, 3.05) is 13.1 Å². The zero-order valence-electron chi connectivity index (χ0n) is 10.9. The summed E-state index contributed by atoms with van der Waals surface area (Å²) in [6.45, 7) is 6.46. The van der Waals surface area contributed by atoms with Crippen molar-refractivity contribution in [3.8, 4) is 11.3 Å². The number of nitrogens with one attached hydrogen (secondary N) is 1. The first-order valence-electron chi connectivity index (χ1n) is 6.49. The van der Waals surface area contributed by atoms with Gasteiger partial charge in [-0.2, -0.15) is 0 Å². The summed E-state index contributed by atoms with van der Waals surface area (Å²) in [4.78, 5) is 6.21. The van der Waals surface area contributed by atoms with Crippen LogP contribution in [0.5, 0.6) is 0 Å². The van der Waals surface area contributed by atoms with Gasteiger partial charge in [-0.05, 0) is 26.8 Å². The first-order valence-corrected chi connectivity index (χ1v) is 7.31. The van der Waals surface area contributed by atoms with Crippen molar-refractivity contribution in [1.82, 2.24) is 10.3 Å². The number of hydrogen-bond donors (Lipinski definition) is 1. The van der Waals surface area contributed by atoms with Gasteiger partial charge in [0.25, 0.3) is 0 Å². The lowest BCUT2D eigenvalue weighted by atomic mass is 10.0. The highest BCUT2D eigenvalue weighted by Crippen LogP contribution is 2.36. The molecule has 1 aliphatic rings. The number of rotatable bonds is 2. The Morgan fingerprint density at radius 2 is 2.00 bits per heavy atom. The van der Waals surface area contributed by atoms with E-state index in [1.54, 1.807) is 0 Å². The minimum Gasteiger partial charge on any atom is -0.316 e. The van der Waals surface area contributed by atoms with Gasteiger partial charge in [0, 0.05) is 22.9 Å². The number of benzene rings is 1. The molecule has 1 N–H and O–H groups in total. The summed E-state index contributed by atoms with van der Waals surface area (Å²) in [5, 5.41) is 4.62. The van der Waals surface area contributed by atoms with Crippen molar-refractivity contribution in [3.63, 3.8) is 0 Å². The highest BCUT2D eigenvalue weighted by Gasteiger charge is 2.23. The highest BCUT2D eigenvalue weighted by atomic mass is 32.1. The van der Waals surface area contributed by atoms with Gasteiger partial charge in [0.1, 0.15) is 0 Å². The number of nitrogens with zero attached hydrogens (tertiary/aromatic N) is 1. The van der Waals surface area contributed by atoms with E-state index in [2.05, 4.69) is 43.4 Å². The van der Waals surface area contributed by atoms with Crippen molar-refractivity contribution >= 4 is 11.3 Å². The van der Waals surface area contributed by atoms with Crippen LogP contribution < -0.4 is 5.32 Å². The fourth-order valence-electron chi connectivity index (χ4n) is 2.52. The van der Waals surface area contributed by atoms with Gasteiger partial charge in [-0.25, -0.2) is 4.98 Å². The minimum absolute atomic E-state index is 0.646. The molecule has 94 valence electrons. The van der Waals surface area contributed by atoms with Crippen LogP contribution in [0, 0.1) is 13.8 Å². The molecule has 0 radical (unpaired) electrons. The fraction of sp³-hybridized carbons (Fsp3) is 0.400. The molecule has 18 heavy (non-hydrogen) atoms. The van der Waals surface area contributed by atoms with Crippen LogP contribution in [0.4, 0.5) is 0 Å². The maximum absolute atomic E-state index is 4.75. The van der Waals surface area contributed by atoms with Crippen LogP contribution in [0.25, 0.3) is 11.3 Å². The zero-order chi connectivity index (χ0) is 12.5. The predicted octanol–water partition coefficient (Wildman–Crippen LogP) is 3.50. The molecule has 1 aromatic carbocycles. The van der Waals surface area contributed by atoms with E-state index in [1.165, 1.54) is 33.1 Å². The van der Waals surface area contributed by atoms with Crippen LogP contribution in [0.2, 0.25) is 0 Å². The first-order chi connectivity index (χ1) is 8.74. The van der Waals surface area contributed by atoms with Crippen LogP contribution in [-0.2, 0) is 0 Å². The molecule has 1 saturated heterocycles. The summed E-state index contributed by atoms with van der Waals surface area (Å²) in [5.74, 6) is 0.646. The van der Waals surface area contributed by atoms with Gasteiger partial charge in [0.15, 0.2) is 0 Å². The summed E-state index contributed by atoms with van der Waals surface area (Å²) in [5.41, 5.74) is 3.76. The maximum atomic E-state index is 4.75. The molecule has 2 heterocycles. The van der Waals surface area contributed by atoms with Crippen molar-refractivity contribution in [2.45, 2.75) is 26.2 Å². The minimum atomic E-state index is 0.646. The predicted molar refractivity (Wildman–Crippen MR) is 77.3 cm³/mol. The number of aromatic nitrogens is 1. The topological polar surface area (TPSA) is 24.9 Å². The van der Waals surface area contributed by atoms with Gasteiger partial charge in [-0.1, -0.05) is 29.8 Å². The standard InChI is InChI=1S/C15H18N2S/c1-10-3-5-12(6-4-10)14-15(18-11(2)17-14)13-7-8-16-9-13/h3-6,13,16H,7-9H2,1-2H3. The third kappa shape index (κ3) is 2.20. The maximum Gasteiger partial charge on any atom is 0.0904 e. The lowest BCUT2D eigenvalue weighted by molar-refractivity contribution is 0.778. The summed E-state index contributed by atoms with van der Waals surface area (Å²) >= 11 is 1.86. The largest absolute Gasteiger partial charge is 0.316 e. The Hall–Kier alpha value is -1.19. The molecule has 2 nitrogen and oxygen atoms in total. The lowest BCUT2D eigenvalue weighted by Gasteiger charge is -2.08. The Morgan fingerprint density at radius 3 is 2.67 bits per heavy atom. The smallest absolute Gasteiger partial charge is 0.0904 e. The molecular weight excluding hydrogens is 240 g/mol. The van der Waals surface area contributed by atoms with Gasteiger partial charge >= 0.3 is 0 Å². The molecule has 1 aromatic heterocycles. The van der Waals surface area contributed by atoms with Gasteiger partial charge < -0.3 is 5.32 Å². The molecule has 1 aliphatic heterocycles. The zero-order valence-corrected chi connectivity index (χ0v) is 11.7. The van der Waals surface area contributed by atoms with Crippen molar-refractivity contribution < 1.29 is 0 Å². The second-order valence-corrected chi connectivity index (χ2v) is 6.24. The Morgan fingerprint density at radius 1 is 1.22 bits per heavy atom. The monoisotopic (exact) mass is 258 g/mol. The molecule has 0 amide bonds. The van der Waals surface area contributed by atoms with E-state index >= 15 is 0 Å². The Bertz CT molecular complexity index is 536. The van der Waals surface area contributed by atoms with E-state index < -0.39 is 0 Å². The Labute approximate surface area is 112 Å².